The summed E-state index contributed by atoms with van der Waals surface area (Å²) in [6.45, 7) is 6.58. The van der Waals surface area contributed by atoms with Crippen molar-refractivity contribution < 1.29 is 22.8 Å². The largest absolute Gasteiger partial charge is 0.352 e. The lowest BCUT2D eigenvalue weighted by Crippen LogP contribution is -2.61. The van der Waals surface area contributed by atoms with Gasteiger partial charge in [0.05, 0.1) is 0 Å². The minimum atomic E-state index is -1.27. The predicted molar refractivity (Wildman–Crippen MR) is 98.9 cm³/mol. The highest BCUT2D eigenvalue weighted by atomic mass is 19.2. The number of carbonyl (C=O) groups excluding carboxylic acids is 2. The Morgan fingerprint density at radius 3 is 2.54 bits per heavy atom. The molecule has 0 radical (unpaired) electrons. The number of nitrogens with two attached hydrogens (primary N) is 1. The van der Waals surface area contributed by atoms with E-state index < -0.39 is 29.5 Å². The molecule has 0 aliphatic carbocycles. The van der Waals surface area contributed by atoms with Gasteiger partial charge in [-0.15, -0.1) is 0 Å². The maximum Gasteiger partial charge on any atom is 0.244 e. The average Bonchev–Trinajstić information content (AvgIpc) is 2.64. The molecule has 0 bridgehead atoms. The Labute approximate surface area is 162 Å². The topological polar surface area (TPSA) is 78.7 Å². The number of hydrogen-bond donors (Lipinski definition) is 2. The molecule has 1 heterocycles. The third kappa shape index (κ3) is 5.45. The molecule has 1 saturated heterocycles. The number of nitrogens with zero attached hydrogens (tertiary/aromatic N) is 2. The second kappa shape index (κ2) is 9.88. The summed E-state index contributed by atoms with van der Waals surface area (Å²) in [5.74, 6) is -3.88. The number of benzene rings is 1. The molecule has 1 aromatic rings. The van der Waals surface area contributed by atoms with Gasteiger partial charge in [-0.2, -0.15) is 0 Å². The number of hydrogen-bond acceptors (Lipinski definition) is 4. The van der Waals surface area contributed by atoms with Crippen LogP contribution in [0.25, 0.3) is 0 Å². The van der Waals surface area contributed by atoms with Crippen LogP contribution in [0.4, 0.5) is 13.2 Å². The number of carbonyl (C=O) groups is 2. The Bertz CT molecular complexity index is 713. The summed E-state index contributed by atoms with van der Waals surface area (Å²) in [5, 5.41) is 2.77. The van der Waals surface area contributed by atoms with E-state index in [2.05, 4.69) is 5.32 Å². The van der Waals surface area contributed by atoms with Crippen molar-refractivity contribution in [3.63, 3.8) is 0 Å². The fourth-order valence-corrected chi connectivity index (χ4v) is 3.34. The quantitative estimate of drug-likeness (QED) is 0.639. The van der Waals surface area contributed by atoms with Crippen molar-refractivity contribution >= 4 is 11.8 Å². The highest BCUT2D eigenvalue weighted by molar-refractivity contribution is 5.89. The van der Waals surface area contributed by atoms with E-state index in [0.717, 1.165) is 19.2 Å². The van der Waals surface area contributed by atoms with Crippen molar-refractivity contribution in [1.82, 2.24) is 15.1 Å². The third-order valence-electron chi connectivity index (χ3n) is 4.98. The highest BCUT2D eigenvalue weighted by Crippen LogP contribution is 2.17. The molecule has 0 spiro atoms. The maximum absolute atomic E-state index is 13.8. The van der Waals surface area contributed by atoms with E-state index in [4.69, 9.17) is 5.73 Å². The van der Waals surface area contributed by atoms with Gasteiger partial charge < -0.3 is 20.9 Å². The molecule has 0 unspecified atom stereocenters. The molecule has 6 nitrogen and oxygen atoms in total. The minimum Gasteiger partial charge on any atom is -0.352 e. The Morgan fingerprint density at radius 2 is 1.89 bits per heavy atom. The van der Waals surface area contributed by atoms with Crippen molar-refractivity contribution in [2.45, 2.75) is 38.8 Å². The number of rotatable bonds is 8. The molecule has 3 N–H and O–H groups in total. The first-order chi connectivity index (χ1) is 13.3. The first-order valence-corrected chi connectivity index (χ1v) is 9.45. The molecule has 0 saturated carbocycles. The molecule has 2 atom stereocenters. The van der Waals surface area contributed by atoms with Gasteiger partial charge >= 0.3 is 0 Å². The first-order valence-electron chi connectivity index (χ1n) is 9.45. The minimum absolute atomic E-state index is 0.0877. The molecule has 1 aromatic carbocycles. The third-order valence-corrected chi connectivity index (χ3v) is 4.98. The summed E-state index contributed by atoms with van der Waals surface area (Å²) in [6, 6.07) is -0.180. The fourth-order valence-electron chi connectivity index (χ4n) is 3.34. The van der Waals surface area contributed by atoms with Gasteiger partial charge in [0.2, 0.25) is 11.8 Å². The van der Waals surface area contributed by atoms with Crippen molar-refractivity contribution in [2.24, 2.45) is 5.73 Å². The van der Waals surface area contributed by atoms with Crippen LogP contribution in [-0.4, -0.2) is 66.4 Å². The van der Waals surface area contributed by atoms with E-state index in [1.54, 1.807) is 0 Å². The molecule has 1 aliphatic rings. The van der Waals surface area contributed by atoms with Gasteiger partial charge in [0.15, 0.2) is 11.6 Å². The van der Waals surface area contributed by atoms with E-state index in [0.29, 0.717) is 25.7 Å². The maximum atomic E-state index is 13.8. The van der Waals surface area contributed by atoms with E-state index >= 15 is 0 Å². The Balaban J connectivity index is 2.04. The van der Waals surface area contributed by atoms with Crippen LogP contribution in [0.1, 0.15) is 25.8 Å². The summed E-state index contributed by atoms with van der Waals surface area (Å²) < 4.78 is 40.2. The zero-order valence-electron chi connectivity index (χ0n) is 16.2. The van der Waals surface area contributed by atoms with Gasteiger partial charge in [-0.1, -0.05) is 13.8 Å². The standard InChI is InChI=1S/C19H27F3N4O2/c1-3-25(4-2)11-17-19(28)24-5-6-26(17)18(27)9-13(23)7-12-8-15(21)16(22)10-14(12)20/h8,10,13,17H,3-7,9,11,23H2,1-2H3,(H,24,28)/t13-,17-/m1/s1. The number of likely N-dealkylation sites (N-methyl/N-ethyl adjacent to an activating group) is 1. The van der Waals surface area contributed by atoms with Crippen molar-refractivity contribution in [3.8, 4) is 0 Å². The van der Waals surface area contributed by atoms with Gasteiger partial charge in [0.25, 0.3) is 0 Å². The fraction of sp³-hybridized carbons (Fsp3) is 0.579. The second-order valence-corrected chi connectivity index (χ2v) is 6.91. The Morgan fingerprint density at radius 1 is 1.25 bits per heavy atom. The van der Waals surface area contributed by atoms with Crippen molar-refractivity contribution in [1.29, 1.82) is 0 Å². The molecule has 28 heavy (non-hydrogen) atoms. The molecule has 1 aliphatic heterocycles. The van der Waals surface area contributed by atoms with Gasteiger partial charge in [-0.25, -0.2) is 13.2 Å². The lowest BCUT2D eigenvalue weighted by molar-refractivity contribution is -0.144. The summed E-state index contributed by atoms with van der Waals surface area (Å²) >= 11 is 0. The van der Waals surface area contributed by atoms with Gasteiger partial charge in [0.1, 0.15) is 11.9 Å². The SMILES string of the molecule is CCN(CC)C[C@@H]1C(=O)NCCN1C(=O)C[C@H](N)Cc1cc(F)c(F)cc1F. The molecule has 156 valence electrons. The van der Waals surface area contributed by atoms with Crippen LogP contribution in [0.3, 0.4) is 0 Å². The summed E-state index contributed by atoms with van der Waals surface area (Å²) in [4.78, 5) is 28.6. The van der Waals surface area contributed by atoms with Crippen LogP contribution in [0, 0.1) is 17.5 Å². The average molecular weight is 400 g/mol. The summed E-state index contributed by atoms with van der Waals surface area (Å²) in [7, 11) is 0. The molecule has 0 aromatic heterocycles. The van der Waals surface area contributed by atoms with Crippen LogP contribution >= 0.6 is 0 Å². The smallest absolute Gasteiger partial charge is 0.244 e. The number of halogens is 3. The van der Waals surface area contributed by atoms with E-state index in [1.807, 2.05) is 18.7 Å². The van der Waals surface area contributed by atoms with Crippen molar-refractivity contribution in [2.75, 3.05) is 32.7 Å². The monoisotopic (exact) mass is 400 g/mol. The van der Waals surface area contributed by atoms with E-state index in [-0.39, 0.29) is 30.2 Å². The van der Waals surface area contributed by atoms with Crippen LogP contribution in [0.2, 0.25) is 0 Å². The van der Waals surface area contributed by atoms with Crippen molar-refractivity contribution in [3.05, 3.63) is 35.1 Å². The lowest BCUT2D eigenvalue weighted by Gasteiger charge is -2.38. The van der Waals surface area contributed by atoms with Gasteiger partial charge in [-0.3, -0.25) is 9.59 Å². The van der Waals surface area contributed by atoms with Gasteiger partial charge in [-0.05, 0) is 31.1 Å². The Hall–Kier alpha value is -2.13. The van der Waals surface area contributed by atoms with Crippen LogP contribution in [0.15, 0.2) is 12.1 Å². The normalized spacial score (nSPS) is 18.3. The number of piperazine rings is 1. The summed E-state index contributed by atoms with van der Waals surface area (Å²) in [5.41, 5.74) is 5.87. The van der Waals surface area contributed by atoms with Crippen LogP contribution in [0.5, 0.6) is 0 Å². The van der Waals surface area contributed by atoms with Gasteiger partial charge in [0, 0.05) is 38.2 Å². The zero-order valence-corrected chi connectivity index (χ0v) is 16.2. The predicted octanol–water partition coefficient (Wildman–Crippen LogP) is 1.03. The molecule has 2 amide bonds. The lowest BCUT2D eigenvalue weighted by atomic mass is 10.0. The molecule has 2 rings (SSSR count). The zero-order chi connectivity index (χ0) is 20.8. The molecular formula is C19H27F3N4O2. The first kappa shape index (κ1) is 22.2. The van der Waals surface area contributed by atoms with E-state index in [9.17, 15) is 22.8 Å². The Kier molecular flexibility index (Phi) is 7.82. The second-order valence-electron chi connectivity index (χ2n) is 6.91. The number of amides is 2. The highest BCUT2D eigenvalue weighted by Gasteiger charge is 2.34. The summed E-state index contributed by atoms with van der Waals surface area (Å²) in [6.07, 6.45) is -0.240. The number of nitrogens with one attached hydrogen (secondary N) is 1. The molecular weight excluding hydrogens is 373 g/mol. The van der Waals surface area contributed by atoms with Crippen LogP contribution in [-0.2, 0) is 16.0 Å². The van der Waals surface area contributed by atoms with E-state index in [1.165, 1.54) is 4.90 Å². The van der Waals surface area contributed by atoms with Crippen LogP contribution < -0.4 is 11.1 Å². The molecule has 9 heteroatoms. The molecule has 1 fully saturated rings.